The first-order chi connectivity index (χ1) is 9.54. The van der Waals surface area contributed by atoms with Crippen molar-refractivity contribution in [2.75, 3.05) is 5.32 Å². The molecule has 2 aromatic rings. The maximum absolute atomic E-state index is 12.0. The van der Waals surface area contributed by atoms with Crippen LogP contribution < -0.4 is 10.1 Å². The molecule has 104 valence electrons. The van der Waals surface area contributed by atoms with Crippen LogP contribution in [0.5, 0.6) is 11.5 Å². The molecule has 0 saturated heterocycles. The van der Waals surface area contributed by atoms with Crippen molar-refractivity contribution in [2.45, 2.75) is 13.0 Å². The Morgan fingerprint density at radius 2 is 1.95 bits per heavy atom. The summed E-state index contributed by atoms with van der Waals surface area (Å²) in [5.74, 6) is 0.439. The lowest BCUT2D eigenvalue weighted by Crippen LogP contribution is -2.30. The van der Waals surface area contributed by atoms with Gasteiger partial charge in [-0.25, -0.2) is 0 Å². The highest BCUT2D eigenvalue weighted by molar-refractivity contribution is 9.10. The summed E-state index contributed by atoms with van der Waals surface area (Å²) >= 11 is 3.33. The molecule has 20 heavy (non-hydrogen) atoms. The van der Waals surface area contributed by atoms with Gasteiger partial charge in [0, 0.05) is 16.2 Å². The molecule has 1 atom stereocenters. The van der Waals surface area contributed by atoms with Crippen molar-refractivity contribution in [3.8, 4) is 11.5 Å². The third-order valence-electron chi connectivity index (χ3n) is 2.61. The molecule has 2 N–H and O–H groups in total. The van der Waals surface area contributed by atoms with Gasteiger partial charge in [-0.2, -0.15) is 0 Å². The second-order valence-corrected chi connectivity index (χ2v) is 5.17. The van der Waals surface area contributed by atoms with Gasteiger partial charge in [0.2, 0.25) is 0 Å². The smallest absolute Gasteiger partial charge is 0.265 e. The molecule has 0 heterocycles. The Kier molecular flexibility index (Phi) is 4.63. The molecule has 0 saturated carbocycles. The number of rotatable bonds is 4. The van der Waals surface area contributed by atoms with Gasteiger partial charge in [-0.1, -0.05) is 22.0 Å². The molecule has 0 bridgehead atoms. The Morgan fingerprint density at radius 3 is 2.60 bits per heavy atom. The predicted octanol–water partition coefficient (Wildman–Crippen LogP) is 3.56. The summed E-state index contributed by atoms with van der Waals surface area (Å²) in [5.41, 5.74) is 0.529. The topological polar surface area (TPSA) is 58.6 Å². The Morgan fingerprint density at radius 1 is 1.25 bits per heavy atom. The van der Waals surface area contributed by atoms with Crippen molar-refractivity contribution >= 4 is 27.5 Å². The number of ether oxygens (including phenoxy) is 1. The number of carbonyl (C=O) groups is 1. The van der Waals surface area contributed by atoms with E-state index in [9.17, 15) is 9.90 Å². The van der Waals surface area contributed by atoms with Crippen LogP contribution in [0.25, 0.3) is 0 Å². The number of phenolic OH excluding ortho intramolecular Hbond substituents is 1. The zero-order chi connectivity index (χ0) is 14.5. The van der Waals surface area contributed by atoms with Crippen LogP contribution in [0.2, 0.25) is 0 Å². The van der Waals surface area contributed by atoms with Gasteiger partial charge in [0.15, 0.2) is 6.10 Å². The standard InChI is InChI=1S/C15H14BrNO3/c1-10(20-14-7-5-11(16)6-8-14)15(19)17-12-3-2-4-13(18)9-12/h2-10,18H,1H3,(H,17,19). The molecule has 0 aliphatic carbocycles. The van der Waals surface area contributed by atoms with Gasteiger partial charge in [-0.3, -0.25) is 4.79 Å². The molecule has 0 aromatic heterocycles. The first-order valence-corrected chi connectivity index (χ1v) is 6.86. The summed E-state index contributed by atoms with van der Waals surface area (Å²) in [6, 6.07) is 13.6. The molecule has 1 amide bonds. The summed E-state index contributed by atoms with van der Waals surface area (Å²) < 4.78 is 6.48. The van der Waals surface area contributed by atoms with E-state index in [1.54, 1.807) is 31.2 Å². The summed E-state index contributed by atoms with van der Waals surface area (Å²) in [7, 11) is 0. The quantitative estimate of drug-likeness (QED) is 0.898. The van der Waals surface area contributed by atoms with Crippen molar-refractivity contribution in [3.63, 3.8) is 0 Å². The van der Waals surface area contributed by atoms with Gasteiger partial charge in [0.1, 0.15) is 11.5 Å². The minimum Gasteiger partial charge on any atom is -0.508 e. The first-order valence-electron chi connectivity index (χ1n) is 6.07. The summed E-state index contributed by atoms with van der Waals surface area (Å²) in [6.07, 6.45) is -0.640. The third kappa shape index (κ3) is 3.99. The molecular formula is C15H14BrNO3. The summed E-state index contributed by atoms with van der Waals surface area (Å²) in [5, 5.41) is 12.0. The number of halogens is 1. The van der Waals surface area contributed by atoms with Gasteiger partial charge in [0.05, 0.1) is 0 Å². The van der Waals surface area contributed by atoms with E-state index >= 15 is 0 Å². The fourth-order valence-electron chi connectivity index (χ4n) is 1.60. The minimum absolute atomic E-state index is 0.101. The molecule has 2 aromatic carbocycles. The van der Waals surface area contributed by atoms with E-state index < -0.39 is 6.10 Å². The lowest BCUT2D eigenvalue weighted by molar-refractivity contribution is -0.122. The number of aromatic hydroxyl groups is 1. The molecule has 5 heteroatoms. The highest BCUT2D eigenvalue weighted by atomic mass is 79.9. The molecule has 0 fully saturated rings. The van der Waals surface area contributed by atoms with Crippen LogP contribution in [0.15, 0.2) is 53.0 Å². The fourth-order valence-corrected chi connectivity index (χ4v) is 1.86. The number of phenols is 1. The molecule has 2 rings (SSSR count). The second kappa shape index (κ2) is 6.43. The van der Waals surface area contributed by atoms with Crippen LogP contribution in [0.1, 0.15) is 6.92 Å². The van der Waals surface area contributed by atoms with E-state index in [4.69, 9.17) is 4.74 Å². The third-order valence-corrected chi connectivity index (χ3v) is 3.14. The number of benzene rings is 2. The zero-order valence-electron chi connectivity index (χ0n) is 10.8. The second-order valence-electron chi connectivity index (χ2n) is 4.25. The van der Waals surface area contributed by atoms with Crippen LogP contribution >= 0.6 is 15.9 Å². The lowest BCUT2D eigenvalue weighted by atomic mass is 10.2. The average molecular weight is 336 g/mol. The average Bonchev–Trinajstić information content (AvgIpc) is 2.41. The monoisotopic (exact) mass is 335 g/mol. The van der Waals surface area contributed by atoms with Gasteiger partial charge < -0.3 is 15.2 Å². The molecule has 0 aliphatic heterocycles. The number of hydrogen-bond donors (Lipinski definition) is 2. The number of hydrogen-bond acceptors (Lipinski definition) is 3. The fraction of sp³-hybridized carbons (Fsp3) is 0.133. The van der Waals surface area contributed by atoms with Crippen LogP contribution in [0, 0.1) is 0 Å². The zero-order valence-corrected chi connectivity index (χ0v) is 12.4. The Bertz CT molecular complexity index is 598. The van der Waals surface area contributed by atoms with Gasteiger partial charge >= 0.3 is 0 Å². The van der Waals surface area contributed by atoms with Crippen LogP contribution in [-0.2, 0) is 4.79 Å². The van der Waals surface area contributed by atoms with E-state index in [0.717, 1.165) is 4.47 Å². The van der Waals surface area contributed by atoms with Crippen LogP contribution in [0.3, 0.4) is 0 Å². The first kappa shape index (κ1) is 14.4. The number of amides is 1. The largest absolute Gasteiger partial charge is 0.508 e. The van der Waals surface area contributed by atoms with Crippen LogP contribution in [-0.4, -0.2) is 17.1 Å². The highest BCUT2D eigenvalue weighted by Crippen LogP contribution is 2.19. The van der Waals surface area contributed by atoms with E-state index in [2.05, 4.69) is 21.2 Å². The molecule has 0 radical (unpaired) electrons. The predicted molar refractivity (Wildman–Crippen MR) is 81.0 cm³/mol. The molecule has 4 nitrogen and oxygen atoms in total. The van der Waals surface area contributed by atoms with E-state index in [-0.39, 0.29) is 11.7 Å². The maximum atomic E-state index is 12.0. The van der Waals surface area contributed by atoms with Crippen molar-refractivity contribution in [1.82, 2.24) is 0 Å². The number of carbonyl (C=O) groups excluding carboxylic acids is 1. The summed E-state index contributed by atoms with van der Waals surface area (Å²) in [4.78, 5) is 12.0. The Hall–Kier alpha value is -2.01. The van der Waals surface area contributed by atoms with E-state index in [0.29, 0.717) is 11.4 Å². The van der Waals surface area contributed by atoms with Crippen molar-refractivity contribution in [1.29, 1.82) is 0 Å². The van der Waals surface area contributed by atoms with E-state index in [1.165, 1.54) is 12.1 Å². The Balaban J connectivity index is 1.96. The minimum atomic E-state index is -0.640. The summed E-state index contributed by atoms with van der Waals surface area (Å²) in [6.45, 7) is 1.67. The van der Waals surface area contributed by atoms with Gasteiger partial charge in [0.25, 0.3) is 5.91 Å². The highest BCUT2D eigenvalue weighted by Gasteiger charge is 2.14. The molecule has 1 unspecified atom stereocenters. The van der Waals surface area contributed by atoms with Crippen LogP contribution in [0.4, 0.5) is 5.69 Å². The maximum Gasteiger partial charge on any atom is 0.265 e. The normalized spacial score (nSPS) is 11.7. The molecule has 0 aliphatic rings. The molecule has 0 spiro atoms. The lowest BCUT2D eigenvalue weighted by Gasteiger charge is -2.14. The van der Waals surface area contributed by atoms with Gasteiger partial charge in [-0.15, -0.1) is 0 Å². The van der Waals surface area contributed by atoms with Crippen molar-refractivity contribution in [2.24, 2.45) is 0 Å². The number of nitrogens with one attached hydrogen (secondary N) is 1. The number of anilines is 1. The molecular weight excluding hydrogens is 322 g/mol. The van der Waals surface area contributed by atoms with E-state index in [1.807, 2.05) is 12.1 Å². The van der Waals surface area contributed by atoms with Crippen molar-refractivity contribution < 1.29 is 14.6 Å². The Labute approximate surface area is 125 Å². The van der Waals surface area contributed by atoms with Crippen molar-refractivity contribution in [3.05, 3.63) is 53.0 Å². The SMILES string of the molecule is CC(Oc1ccc(Br)cc1)C(=O)Nc1cccc(O)c1. The van der Waals surface area contributed by atoms with Gasteiger partial charge in [-0.05, 0) is 43.3 Å².